The van der Waals surface area contributed by atoms with E-state index in [-0.39, 0.29) is 5.91 Å². The van der Waals surface area contributed by atoms with Crippen LogP contribution in [-0.2, 0) is 4.79 Å². The average molecular weight is 278 g/mol. The number of rotatable bonds is 3. The van der Waals surface area contributed by atoms with Crippen LogP contribution >= 0.6 is 0 Å². The molecule has 1 aliphatic heterocycles. The van der Waals surface area contributed by atoms with Gasteiger partial charge in [-0.25, -0.2) is 0 Å². The predicted molar refractivity (Wildman–Crippen MR) is 78.9 cm³/mol. The lowest BCUT2D eigenvalue weighted by molar-refractivity contribution is -0.128. The summed E-state index contributed by atoms with van der Waals surface area (Å²) >= 11 is 0. The summed E-state index contributed by atoms with van der Waals surface area (Å²) in [5.41, 5.74) is 6.39. The van der Waals surface area contributed by atoms with E-state index in [9.17, 15) is 4.79 Å². The number of carbonyl (C=O) groups is 1. The zero-order valence-corrected chi connectivity index (χ0v) is 12.1. The molecule has 1 saturated heterocycles. The Kier molecular flexibility index (Phi) is 4.65. The van der Waals surface area contributed by atoms with Crippen molar-refractivity contribution in [1.29, 1.82) is 0 Å². The number of carbonyl (C=O) groups excluding carboxylic acids is 1. The Morgan fingerprint density at radius 1 is 1.35 bits per heavy atom. The van der Waals surface area contributed by atoms with Gasteiger partial charge in [-0.1, -0.05) is 0 Å². The average Bonchev–Trinajstić information content (AvgIpc) is 2.67. The molecule has 0 radical (unpaired) electrons. The first-order valence-electron chi connectivity index (χ1n) is 7.01. The Hall–Kier alpha value is -1.98. The predicted octanol–water partition coefficient (Wildman–Crippen LogP) is 1.12. The molecule has 0 bridgehead atoms. The van der Waals surface area contributed by atoms with E-state index in [1.807, 2.05) is 24.0 Å². The molecular weight excluding hydrogens is 256 g/mol. The van der Waals surface area contributed by atoms with Gasteiger partial charge >= 0.3 is 0 Å². The van der Waals surface area contributed by atoms with Crippen molar-refractivity contribution in [2.24, 2.45) is 0 Å². The van der Waals surface area contributed by atoms with Crippen LogP contribution in [0.2, 0.25) is 0 Å². The molecule has 0 unspecified atom stereocenters. The Morgan fingerprint density at radius 3 is 2.85 bits per heavy atom. The van der Waals surface area contributed by atoms with Gasteiger partial charge in [-0.15, -0.1) is 0 Å². The van der Waals surface area contributed by atoms with Crippen LogP contribution < -0.4 is 15.4 Å². The maximum Gasteiger partial charge on any atom is 0.239 e. The molecule has 6 heteroatoms. The molecular formula is C14H22N4O2. The Labute approximate surface area is 119 Å². The minimum absolute atomic E-state index is 0.132. The first-order valence-corrected chi connectivity index (χ1v) is 7.01. The van der Waals surface area contributed by atoms with Crippen LogP contribution in [0.15, 0.2) is 12.1 Å². The fraction of sp³-hybridized carbons (Fsp3) is 0.571. The molecule has 20 heavy (non-hydrogen) atoms. The van der Waals surface area contributed by atoms with Gasteiger partial charge in [-0.05, 0) is 25.5 Å². The van der Waals surface area contributed by atoms with E-state index in [1.165, 1.54) is 0 Å². The lowest BCUT2D eigenvalue weighted by Crippen LogP contribution is -2.33. The molecule has 2 heterocycles. The highest BCUT2D eigenvalue weighted by Gasteiger charge is 2.18. The minimum atomic E-state index is 0.132. The standard InChI is InChI=1S/C14H22N4O2/c1-3-20-14-12(15)5-6-13(16-14)18-8-4-7-17(9-10-18)11(2)19/h5-6H,3-4,7-10,15H2,1-2H3. The highest BCUT2D eigenvalue weighted by Crippen LogP contribution is 2.23. The number of ether oxygens (including phenoxy) is 1. The topological polar surface area (TPSA) is 71.7 Å². The molecule has 110 valence electrons. The molecule has 0 atom stereocenters. The Bertz CT molecular complexity index is 478. The minimum Gasteiger partial charge on any atom is -0.476 e. The van der Waals surface area contributed by atoms with Crippen molar-refractivity contribution in [3.05, 3.63) is 12.1 Å². The summed E-state index contributed by atoms with van der Waals surface area (Å²) < 4.78 is 5.43. The molecule has 1 aliphatic rings. The normalized spacial score (nSPS) is 15.9. The number of nitrogens with zero attached hydrogens (tertiary/aromatic N) is 3. The number of anilines is 2. The van der Waals surface area contributed by atoms with Crippen molar-refractivity contribution in [3.8, 4) is 5.88 Å². The zero-order chi connectivity index (χ0) is 14.5. The van der Waals surface area contributed by atoms with Crippen LogP contribution in [0, 0.1) is 0 Å². The first kappa shape index (κ1) is 14.4. The van der Waals surface area contributed by atoms with Crippen LogP contribution in [0.5, 0.6) is 5.88 Å². The summed E-state index contributed by atoms with van der Waals surface area (Å²) in [6.45, 7) is 7.26. The summed E-state index contributed by atoms with van der Waals surface area (Å²) in [6.07, 6.45) is 0.940. The summed E-state index contributed by atoms with van der Waals surface area (Å²) in [5, 5.41) is 0. The van der Waals surface area contributed by atoms with Gasteiger partial charge < -0.3 is 20.3 Å². The fourth-order valence-corrected chi connectivity index (χ4v) is 2.33. The summed E-state index contributed by atoms with van der Waals surface area (Å²) in [7, 11) is 0. The largest absolute Gasteiger partial charge is 0.476 e. The third-order valence-electron chi connectivity index (χ3n) is 3.42. The number of aromatic nitrogens is 1. The van der Waals surface area contributed by atoms with Gasteiger partial charge in [0.1, 0.15) is 5.82 Å². The summed E-state index contributed by atoms with van der Waals surface area (Å²) in [5.74, 6) is 1.47. The van der Waals surface area contributed by atoms with E-state index >= 15 is 0 Å². The molecule has 0 saturated carbocycles. The molecule has 0 aliphatic carbocycles. The van der Waals surface area contributed by atoms with Crippen molar-refractivity contribution in [3.63, 3.8) is 0 Å². The second-order valence-electron chi connectivity index (χ2n) is 4.84. The van der Waals surface area contributed by atoms with Gasteiger partial charge in [0.05, 0.1) is 12.3 Å². The van der Waals surface area contributed by atoms with Crippen molar-refractivity contribution in [2.45, 2.75) is 20.3 Å². The second kappa shape index (κ2) is 6.45. The molecule has 2 rings (SSSR count). The first-order chi connectivity index (χ1) is 9.61. The van der Waals surface area contributed by atoms with E-state index < -0.39 is 0 Å². The van der Waals surface area contributed by atoms with E-state index in [4.69, 9.17) is 10.5 Å². The van der Waals surface area contributed by atoms with Gasteiger partial charge in [0.15, 0.2) is 0 Å². The third kappa shape index (κ3) is 3.31. The number of hydrogen-bond acceptors (Lipinski definition) is 5. The van der Waals surface area contributed by atoms with E-state index in [1.54, 1.807) is 6.92 Å². The number of amides is 1. The highest BCUT2D eigenvalue weighted by atomic mass is 16.5. The van der Waals surface area contributed by atoms with E-state index in [0.29, 0.717) is 18.2 Å². The van der Waals surface area contributed by atoms with Gasteiger partial charge in [-0.3, -0.25) is 4.79 Å². The van der Waals surface area contributed by atoms with Gasteiger partial charge in [0.2, 0.25) is 11.8 Å². The van der Waals surface area contributed by atoms with E-state index in [2.05, 4.69) is 9.88 Å². The quantitative estimate of drug-likeness (QED) is 0.897. The van der Waals surface area contributed by atoms with Gasteiger partial charge in [0, 0.05) is 33.1 Å². The van der Waals surface area contributed by atoms with Crippen LogP contribution in [0.25, 0.3) is 0 Å². The lowest BCUT2D eigenvalue weighted by Gasteiger charge is -2.23. The second-order valence-corrected chi connectivity index (χ2v) is 4.84. The Morgan fingerprint density at radius 2 is 2.15 bits per heavy atom. The Balaban J connectivity index is 2.11. The third-order valence-corrected chi connectivity index (χ3v) is 3.42. The number of nitrogen functional groups attached to an aromatic ring is 1. The molecule has 6 nitrogen and oxygen atoms in total. The number of nitrogens with two attached hydrogens (primary N) is 1. The van der Waals surface area contributed by atoms with Crippen LogP contribution in [0.3, 0.4) is 0 Å². The molecule has 1 fully saturated rings. The fourth-order valence-electron chi connectivity index (χ4n) is 2.33. The smallest absolute Gasteiger partial charge is 0.239 e. The SMILES string of the molecule is CCOc1nc(N2CCCN(C(C)=O)CC2)ccc1N. The lowest BCUT2D eigenvalue weighted by atomic mass is 10.3. The molecule has 1 aromatic rings. The van der Waals surface area contributed by atoms with Crippen LogP contribution in [-0.4, -0.2) is 48.6 Å². The molecule has 1 aromatic heterocycles. The van der Waals surface area contributed by atoms with Crippen LogP contribution in [0.1, 0.15) is 20.3 Å². The molecule has 0 aromatic carbocycles. The number of hydrogen-bond donors (Lipinski definition) is 1. The van der Waals surface area contributed by atoms with Crippen molar-refractivity contribution >= 4 is 17.4 Å². The number of pyridine rings is 1. The monoisotopic (exact) mass is 278 g/mol. The zero-order valence-electron chi connectivity index (χ0n) is 12.1. The van der Waals surface area contributed by atoms with E-state index in [0.717, 1.165) is 38.4 Å². The molecule has 1 amide bonds. The summed E-state index contributed by atoms with van der Waals surface area (Å²) in [6, 6.07) is 3.72. The highest BCUT2D eigenvalue weighted by molar-refractivity contribution is 5.73. The van der Waals surface area contributed by atoms with Crippen LogP contribution in [0.4, 0.5) is 11.5 Å². The van der Waals surface area contributed by atoms with Crippen molar-refractivity contribution < 1.29 is 9.53 Å². The van der Waals surface area contributed by atoms with Crippen molar-refractivity contribution in [1.82, 2.24) is 9.88 Å². The molecule has 0 spiro atoms. The van der Waals surface area contributed by atoms with Gasteiger partial charge in [-0.2, -0.15) is 4.98 Å². The van der Waals surface area contributed by atoms with Gasteiger partial charge in [0.25, 0.3) is 0 Å². The maximum absolute atomic E-state index is 11.4. The molecule has 2 N–H and O–H groups in total. The maximum atomic E-state index is 11.4. The summed E-state index contributed by atoms with van der Waals surface area (Å²) in [4.78, 5) is 20.0. The van der Waals surface area contributed by atoms with Crippen molar-refractivity contribution in [2.75, 3.05) is 43.4 Å².